The summed E-state index contributed by atoms with van der Waals surface area (Å²) < 4.78 is 17.2. The Bertz CT molecular complexity index is 1310. The van der Waals surface area contributed by atoms with Crippen LogP contribution in [0.25, 0.3) is 22.3 Å². The number of halogens is 1. The number of fused-ring (bicyclic) bond motifs is 1. The van der Waals surface area contributed by atoms with E-state index in [9.17, 15) is 0 Å². The van der Waals surface area contributed by atoms with Crippen LogP contribution in [0.4, 0.5) is 16.2 Å². The Morgan fingerprint density at radius 1 is 0.971 bits per heavy atom. The Morgan fingerprint density at radius 2 is 1.77 bits per heavy atom. The lowest BCUT2D eigenvalue weighted by molar-refractivity contribution is 0.528. The molecule has 180 valence electrons. The Hall–Kier alpha value is -3.52. The number of hydrogen-bond donors (Lipinski definition) is 2. The zero-order chi connectivity index (χ0) is 23.6. The van der Waals surface area contributed by atoms with E-state index in [0.717, 1.165) is 61.3 Å². The predicted octanol–water partition coefficient (Wildman–Crippen LogP) is 4.77. The molecule has 0 bridgehead atoms. The second-order valence-corrected chi connectivity index (χ2v) is 9.40. The molecule has 8 heteroatoms. The molecule has 2 fully saturated rings. The van der Waals surface area contributed by atoms with Crippen LogP contribution in [-0.4, -0.2) is 45.7 Å². The average molecular weight is 472 g/mol. The first-order chi connectivity index (χ1) is 17.3. The summed E-state index contributed by atoms with van der Waals surface area (Å²) in [6, 6.07) is 15.7. The van der Waals surface area contributed by atoms with Gasteiger partial charge in [-0.05, 0) is 30.0 Å². The van der Waals surface area contributed by atoms with Crippen LogP contribution < -0.4 is 15.5 Å². The zero-order valence-corrected chi connectivity index (χ0v) is 19.8. The SMILES string of the molecule is Fc1cc(-c2ccccc2)ccc1CNc1nc(N2CCNCC2)nc2c1ncn2C1CCCC1. The van der Waals surface area contributed by atoms with E-state index >= 15 is 4.39 Å². The highest BCUT2D eigenvalue weighted by molar-refractivity contribution is 5.84. The molecule has 1 saturated carbocycles. The van der Waals surface area contributed by atoms with Gasteiger partial charge in [0.1, 0.15) is 5.82 Å². The molecule has 35 heavy (non-hydrogen) atoms. The Balaban J connectivity index is 1.31. The van der Waals surface area contributed by atoms with Crippen LogP contribution in [0, 0.1) is 5.82 Å². The van der Waals surface area contributed by atoms with Crippen LogP contribution in [0.1, 0.15) is 37.3 Å². The first kappa shape index (κ1) is 22.0. The van der Waals surface area contributed by atoms with Crippen LogP contribution in [0.3, 0.4) is 0 Å². The van der Waals surface area contributed by atoms with E-state index in [2.05, 4.69) is 25.1 Å². The number of imidazole rings is 1. The number of rotatable bonds is 6. The van der Waals surface area contributed by atoms with Gasteiger partial charge in [-0.2, -0.15) is 9.97 Å². The highest BCUT2D eigenvalue weighted by atomic mass is 19.1. The molecule has 6 rings (SSSR count). The molecule has 4 aromatic rings. The van der Waals surface area contributed by atoms with Crippen molar-refractivity contribution in [3.05, 3.63) is 66.2 Å². The summed E-state index contributed by atoms with van der Waals surface area (Å²) in [5, 5.41) is 6.76. The van der Waals surface area contributed by atoms with Crippen LogP contribution in [-0.2, 0) is 6.54 Å². The third kappa shape index (κ3) is 4.46. The summed E-state index contributed by atoms with van der Waals surface area (Å²) in [5.74, 6) is 1.14. The summed E-state index contributed by atoms with van der Waals surface area (Å²) >= 11 is 0. The molecule has 1 aliphatic heterocycles. The average Bonchev–Trinajstić information content (AvgIpc) is 3.59. The third-order valence-electron chi connectivity index (χ3n) is 7.13. The van der Waals surface area contributed by atoms with E-state index in [0.29, 0.717) is 29.9 Å². The number of hydrogen-bond acceptors (Lipinski definition) is 6. The van der Waals surface area contributed by atoms with Crippen LogP contribution in [0.5, 0.6) is 0 Å². The van der Waals surface area contributed by atoms with Crippen LogP contribution in [0.15, 0.2) is 54.9 Å². The molecule has 2 aromatic heterocycles. The van der Waals surface area contributed by atoms with Crippen molar-refractivity contribution in [1.82, 2.24) is 24.8 Å². The number of benzene rings is 2. The number of piperazine rings is 1. The number of nitrogens with zero attached hydrogens (tertiary/aromatic N) is 5. The molecular weight excluding hydrogens is 441 g/mol. The summed E-state index contributed by atoms with van der Waals surface area (Å²) in [5.41, 5.74) is 4.07. The summed E-state index contributed by atoms with van der Waals surface area (Å²) in [6.07, 6.45) is 6.69. The maximum atomic E-state index is 15.0. The fraction of sp³-hybridized carbons (Fsp3) is 0.370. The lowest BCUT2D eigenvalue weighted by atomic mass is 10.0. The molecule has 0 amide bonds. The maximum Gasteiger partial charge on any atom is 0.229 e. The van der Waals surface area contributed by atoms with Crippen molar-refractivity contribution >= 4 is 22.9 Å². The van der Waals surface area contributed by atoms with Crippen molar-refractivity contribution in [3.8, 4) is 11.1 Å². The van der Waals surface area contributed by atoms with Gasteiger partial charge >= 0.3 is 0 Å². The normalized spacial score (nSPS) is 16.8. The molecule has 1 aliphatic carbocycles. The quantitative estimate of drug-likeness (QED) is 0.422. The van der Waals surface area contributed by atoms with Crippen molar-refractivity contribution in [2.24, 2.45) is 0 Å². The van der Waals surface area contributed by atoms with Gasteiger partial charge in [-0.25, -0.2) is 9.37 Å². The predicted molar refractivity (Wildman–Crippen MR) is 137 cm³/mol. The summed E-state index contributed by atoms with van der Waals surface area (Å²) in [6.45, 7) is 3.86. The minimum Gasteiger partial charge on any atom is -0.364 e. The largest absolute Gasteiger partial charge is 0.364 e. The van der Waals surface area contributed by atoms with Gasteiger partial charge in [-0.15, -0.1) is 0 Å². The first-order valence-electron chi connectivity index (χ1n) is 12.5. The summed E-state index contributed by atoms with van der Waals surface area (Å²) in [7, 11) is 0. The van der Waals surface area contributed by atoms with Gasteiger partial charge in [0.2, 0.25) is 5.95 Å². The van der Waals surface area contributed by atoms with Crippen molar-refractivity contribution < 1.29 is 4.39 Å². The molecule has 1 saturated heterocycles. The van der Waals surface area contributed by atoms with Gasteiger partial charge in [0.05, 0.1) is 6.33 Å². The molecular formula is C27H30FN7. The van der Waals surface area contributed by atoms with Crippen molar-refractivity contribution in [3.63, 3.8) is 0 Å². The van der Waals surface area contributed by atoms with Gasteiger partial charge in [-0.3, -0.25) is 0 Å². The number of aromatic nitrogens is 4. The fourth-order valence-electron chi connectivity index (χ4n) is 5.16. The van der Waals surface area contributed by atoms with E-state index in [1.165, 1.54) is 12.8 Å². The molecule has 7 nitrogen and oxygen atoms in total. The Kier molecular flexibility index (Phi) is 6.04. The van der Waals surface area contributed by atoms with E-state index in [4.69, 9.17) is 9.97 Å². The number of nitrogens with one attached hydrogen (secondary N) is 2. The van der Waals surface area contributed by atoms with E-state index < -0.39 is 0 Å². The molecule has 0 spiro atoms. The van der Waals surface area contributed by atoms with Crippen molar-refractivity contribution in [2.75, 3.05) is 36.4 Å². The van der Waals surface area contributed by atoms with Gasteiger partial charge < -0.3 is 20.1 Å². The van der Waals surface area contributed by atoms with Gasteiger partial charge in [-0.1, -0.05) is 55.3 Å². The van der Waals surface area contributed by atoms with Crippen molar-refractivity contribution in [1.29, 1.82) is 0 Å². The highest BCUT2D eigenvalue weighted by Crippen LogP contribution is 2.33. The molecule has 3 heterocycles. The van der Waals surface area contributed by atoms with Crippen molar-refractivity contribution in [2.45, 2.75) is 38.3 Å². The monoisotopic (exact) mass is 471 g/mol. The number of anilines is 2. The third-order valence-corrected chi connectivity index (χ3v) is 7.13. The standard InChI is InChI=1S/C27H30FN7/c28-23-16-20(19-6-2-1-3-7-19)10-11-21(23)17-30-25-24-26(35(18-31-24)22-8-4-5-9-22)33-27(32-25)34-14-12-29-13-15-34/h1-3,6-7,10-11,16,18,22,29H,4-5,8-9,12-15,17H2,(H,30,32,33). The van der Waals surface area contributed by atoms with Crippen LogP contribution >= 0.6 is 0 Å². The van der Waals surface area contributed by atoms with Gasteiger partial charge in [0.25, 0.3) is 0 Å². The second-order valence-electron chi connectivity index (χ2n) is 9.40. The summed E-state index contributed by atoms with van der Waals surface area (Å²) in [4.78, 5) is 16.7. The molecule has 0 unspecified atom stereocenters. The molecule has 0 radical (unpaired) electrons. The lowest BCUT2D eigenvalue weighted by Crippen LogP contribution is -2.44. The van der Waals surface area contributed by atoms with E-state index in [1.54, 1.807) is 6.07 Å². The molecule has 0 atom stereocenters. The second kappa shape index (κ2) is 9.62. The molecule has 2 aromatic carbocycles. The Labute approximate surface area is 204 Å². The minimum absolute atomic E-state index is 0.233. The van der Waals surface area contributed by atoms with E-state index in [-0.39, 0.29) is 5.82 Å². The first-order valence-corrected chi connectivity index (χ1v) is 12.5. The molecule has 2 aliphatic rings. The lowest BCUT2D eigenvalue weighted by Gasteiger charge is -2.27. The van der Waals surface area contributed by atoms with Gasteiger partial charge in [0.15, 0.2) is 17.0 Å². The maximum absolute atomic E-state index is 15.0. The minimum atomic E-state index is -0.233. The fourth-order valence-corrected chi connectivity index (χ4v) is 5.16. The van der Waals surface area contributed by atoms with Gasteiger partial charge in [0, 0.05) is 44.3 Å². The van der Waals surface area contributed by atoms with Crippen LogP contribution in [0.2, 0.25) is 0 Å². The smallest absolute Gasteiger partial charge is 0.229 e. The Morgan fingerprint density at radius 3 is 2.54 bits per heavy atom. The zero-order valence-electron chi connectivity index (χ0n) is 19.8. The molecule has 2 N–H and O–H groups in total. The highest BCUT2D eigenvalue weighted by Gasteiger charge is 2.23. The van der Waals surface area contributed by atoms with E-state index in [1.807, 2.05) is 48.8 Å². The topological polar surface area (TPSA) is 70.9 Å².